The van der Waals surface area contributed by atoms with Crippen molar-refractivity contribution in [2.75, 3.05) is 5.75 Å². The molecule has 0 saturated heterocycles. The topological polar surface area (TPSA) is 26.3 Å². The van der Waals surface area contributed by atoms with E-state index < -0.39 is 0 Å². The number of hydrogen-bond acceptors (Lipinski definition) is 3. The van der Waals surface area contributed by atoms with Gasteiger partial charge in [-0.25, -0.2) is 4.79 Å². The molecule has 9 heavy (non-hydrogen) atoms. The highest BCUT2D eigenvalue weighted by molar-refractivity contribution is 7.94. The van der Waals surface area contributed by atoms with Gasteiger partial charge in [0.15, 0.2) is 0 Å². The minimum absolute atomic E-state index is 0.892. The van der Waals surface area contributed by atoms with Crippen LogP contribution in [-0.4, -0.2) is 12.2 Å². The van der Waals surface area contributed by atoms with E-state index in [9.17, 15) is 4.79 Å². The fraction of sp³-hybridized carbons (Fsp3) is 0.833. The van der Waals surface area contributed by atoms with Crippen LogP contribution in [0.4, 0.5) is 0 Å². The van der Waals surface area contributed by atoms with E-state index in [-0.39, 0.29) is 0 Å². The Bertz CT molecular complexity index is 66.1. The third kappa shape index (κ3) is 7.82. The van der Waals surface area contributed by atoms with Gasteiger partial charge in [0.25, 0.3) is 0 Å². The molecule has 2 nitrogen and oxygen atoms in total. The van der Waals surface area contributed by atoms with Crippen LogP contribution in [0, 0.1) is 0 Å². The first-order valence-electron chi connectivity index (χ1n) is 3.07. The van der Waals surface area contributed by atoms with Crippen molar-refractivity contribution < 1.29 is 8.98 Å². The molecule has 0 aliphatic heterocycles. The average Bonchev–Trinajstić information content (AvgIpc) is 1.89. The van der Waals surface area contributed by atoms with Crippen LogP contribution < -0.4 is 0 Å². The molecule has 0 aromatic heterocycles. The molecule has 0 saturated carbocycles. The molecule has 0 atom stereocenters. The minimum atomic E-state index is 0.892. The third-order valence-corrected chi connectivity index (χ3v) is 1.57. The second-order valence-electron chi connectivity index (χ2n) is 1.70. The second kappa shape index (κ2) is 7.82. The fourth-order valence-electron chi connectivity index (χ4n) is 0.477. The molecule has 0 heterocycles. The fourth-order valence-corrected chi connectivity index (χ4v) is 0.930. The SMILES string of the molecule is CCCCCSO[C]=O. The maximum absolute atomic E-state index is 9.47. The van der Waals surface area contributed by atoms with Crippen molar-refractivity contribution in [2.24, 2.45) is 0 Å². The summed E-state index contributed by atoms with van der Waals surface area (Å²) in [7, 11) is 0. The second-order valence-corrected chi connectivity index (χ2v) is 2.51. The Hall–Kier alpha value is -0.180. The summed E-state index contributed by atoms with van der Waals surface area (Å²) in [5.74, 6) is 0.892. The number of unbranched alkanes of at least 4 members (excludes halogenated alkanes) is 2. The van der Waals surface area contributed by atoms with E-state index >= 15 is 0 Å². The van der Waals surface area contributed by atoms with Gasteiger partial charge >= 0.3 is 6.47 Å². The van der Waals surface area contributed by atoms with Crippen molar-refractivity contribution in [3.8, 4) is 0 Å². The van der Waals surface area contributed by atoms with Crippen LogP contribution in [0.3, 0.4) is 0 Å². The lowest BCUT2D eigenvalue weighted by Crippen LogP contribution is -1.80. The number of hydrogen-bond donors (Lipinski definition) is 0. The molecule has 0 amide bonds. The van der Waals surface area contributed by atoms with E-state index in [1.54, 1.807) is 0 Å². The molecule has 0 aliphatic rings. The highest BCUT2D eigenvalue weighted by Crippen LogP contribution is 2.05. The summed E-state index contributed by atoms with van der Waals surface area (Å²) in [5, 5.41) is 0. The van der Waals surface area contributed by atoms with Gasteiger partial charge in [0, 0.05) is 5.75 Å². The van der Waals surface area contributed by atoms with Crippen LogP contribution in [0.15, 0.2) is 0 Å². The smallest absolute Gasteiger partial charge is 0.383 e. The monoisotopic (exact) mass is 147 g/mol. The van der Waals surface area contributed by atoms with Crippen molar-refractivity contribution in [1.29, 1.82) is 0 Å². The molecule has 0 N–H and O–H groups in total. The van der Waals surface area contributed by atoms with Gasteiger partial charge in [-0.05, 0) is 6.42 Å². The van der Waals surface area contributed by atoms with Crippen LogP contribution in [0.25, 0.3) is 0 Å². The molecule has 0 spiro atoms. The summed E-state index contributed by atoms with van der Waals surface area (Å²) >= 11 is 1.17. The van der Waals surface area contributed by atoms with E-state index in [4.69, 9.17) is 0 Å². The molecule has 0 unspecified atom stereocenters. The Balaban J connectivity index is 2.66. The minimum Gasteiger partial charge on any atom is -0.383 e. The lowest BCUT2D eigenvalue weighted by atomic mass is 10.3. The van der Waals surface area contributed by atoms with Crippen molar-refractivity contribution in [3.63, 3.8) is 0 Å². The molecule has 1 radical (unpaired) electrons. The Morgan fingerprint density at radius 2 is 2.33 bits per heavy atom. The van der Waals surface area contributed by atoms with Gasteiger partial charge in [-0.2, -0.15) is 0 Å². The zero-order valence-corrected chi connectivity index (χ0v) is 6.37. The van der Waals surface area contributed by atoms with Gasteiger partial charge in [-0.1, -0.05) is 19.8 Å². The summed E-state index contributed by atoms with van der Waals surface area (Å²) in [5.41, 5.74) is 0. The summed E-state index contributed by atoms with van der Waals surface area (Å²) in [6.07, 6.45) is 3.52. The van der Waals surface area contributed by atoms with Crippen LogP contribution in [0.5, 0.6) is 0 Å². The quantitative estimate of drug-likeness (QED) is 0.424. The molecule has 0 bridgehead atoms. The first-order valence-corrected chi connectivity index (χ1v) is 3.98. The lowest BCUT2D eigenvalue weighted by molar-refractivity contribution is 0.474. The van der Waals surface area contributed by atoms with Gasteiger partial charge < -0.3 is 4.18 Å². The maximum atomic E-state index is 9.47. The number of carbonyl (C=O) groups excluding carboxylic acids is 1. The summed E-state index contributed by atoms with van der Waals surface area (Å²) < 4.78 is 4.29. The molecule has 0 aliphatic carbocycles. The molecule has 0 aromatic carbocycles. The van der Waals surface area contributed by atoms with Crippen LogP contribution in [0.1, 0.15) is 26.2 Å². The standard InChI is InChI=1S/C6H11O2S/c1-2-3-4-5-9-8-6-7/h2-5H2,1H3. The molecular weight excluding hydrogens is 136 g/mol. The van der Waals surface area contributed by atoms with Crippen LogP contribution in [-0.2, 0) is 8.98 Å². The van der Waals surface area contributed by atoms with E-state index in [1.807, 2.05) is 0 Å². The average molecular weight is 147 g/mol. The molecular formula is C6H11O2S. The summed E-state index contributed by atoms with van der Waals surface area (Å²) in [6, 6.07) is 0. The lowest BCUT2D eigenvalue weighted by Gasteiger charge is -1.93. The molecule has 3 heteroatoms. The Kier molecular flexibility index (Phi) is 7.66. The highest BCUT2D eigenvalue weighted by atomic mass is 32.2. The van der Waals surface area contributed by atoms with Crippen LogP contribution >= 0.6 is 12.0 Å². The van der Waals surface area contributed by atoms with Crippen molar-refractivity contribution in [3.05, 3.63) is 0 Å². The van der Waals surface area contributed by atoms with Gasteiger partial charge in [-0.3, -0.25) is 0 Å². The highest BCUT2D eigenvalue weighted by Gasteiger charge is 1.87. The van der Waals surface area contributed by atoms with Crippen LogP contribution in [0.2, 0.25) is 0 Å². The third-order valence-electron chi connectivity index (χ3n) is 0.924. The van der Waals surface area contributed by atoms with Gasteiger partial charge in [-0.15, -0.1) is 0 Å². The Morgan fingerprint density at radius 3 is 2.89 bits per heavy atom. The van der Waals surface area contributed by atoms with E-state index in [2.05, 4.69) is 11.1 Å². The first kappa shape index (κ1) is 8.82. The molecule has 0 fully saturated rings. The first-order chi connectivity index (χ1) is 4.41. The molecule has 53 valence electrons. The van der Waals surface area contributed by atoms with Gasteiger partial charge in [0.2, 0.25) is 0 Å². The largest absolute Gasteiger partial charge is 0.430 e. The van der Waals surface area contributed by atoms with E-state index in [1.165, 1.54) is 31.4 Å². The van der Waals surface area contributed by atoms with E-state index in [0.29, 0.717) is 0 Å². The Labute approximate surface area is 60.2 Å². The zero-order valence-electron chi connectivity index (χ0n) is 5.55. The van der Waals surface area contributed by atoms with Gasteiger partial charge in [0.05, 0.1) is 12.0 Å². The normalized spacial score (nSPS) is 9.00. The molecule has 0 rings (SSSR count). The predicted molar refractivity (Wildman–Crippen MR) is 38.8 cm³/mol. The molecule has 0 aromatic rings. The number of rotatable bonds is 6. The summed E-state index contributed by atoms with van der Waals surface area (Å²) in [6.45, 7) is 3.49. The van der Waals surface area contributed by atoms with Crippen molar-refractivity contribution in [1.82, 2.24) is 0 Å². The summed E-state index contributed by atoms with van der Waals surface area (Å²) in [4.78, 5) is 9.47. The van der Waals surface area contributed by atoms with Crippen molar-refractivity contribution in [2.45, 2.75) is 26.2 Å². The predicted octanol–water partition coefficient (Wildman–Crippen LogP) is 1.91. The van der Waals surface area contributed by atoms with Crippen molar-refractivity contribution >= 4 is 18.5 Å². The maximum Gasteiger partial charge on any atom is 0.430 e. The van der Waals surface area contributed by atoms with Gasteiger partial charge in [0.1, 0.15) is 0 Å². The Morgan fingerprint density at radius 1 is 1.56 bits per heavy atom. The van der Waals surface area contributed by atoms with E-state index in [0.717, 1.165) is 12.2 Å². The zero-order chi connectivity index (χ0) is 6.95.